The first-order valence-electron chi connectivity index (χ1n) is 5.21. The van der Waals surface area contributed by atoms with E-state index in [0.717, 1.165) is 0 Å². The summed E-state index contributed by atoms with van der Waals surface area (Å²) >= 11 is 5.91. The van der Waals surface area contributed by atoms with E-state index < -0.39 is 12.0 Å². The third-order valence-corrected chi connectivity index (χ3v) is 2.41. The molecule has 3 N–H and O–H groups in total. The second-order valence-electron chi connectivity index (χ2n) is 3.80. The van der Waals surface area contributed by atoms with E-state index in [2.05, 4.69) is 10.7 Å². The number of carboxylic acids is 1. The molecule has 104 valence electrons. The molecule has 0 bridgehead atoms. The summed E-state index contributed by atoms with van der Waals surface area (Å²) in [7, 11) is 4.63. The molecule has 0 heterocycles. The first kappa shape index (κ1) is 15.1. The molecule has 0 saturated heterocycles. The van der Waals surface area contributed by atoms with Crippen LogP contribution in [-0.2, 0) is 0 Å². The SMILES string of the molecule is COc1cc(NC(=O)NN(C)C)c(Cl)cc1C(=O)O. The van der Waals surface area contributed by atoms with Crippen LogP contribution in [0.4, 0.5) is 10.5 Å². The fraction of sp³-hybridized carbons (Fsp3) is 0.273. The van der Waals surface area contributed by atoms with Crippen molar-refractivity contribution in [3.63, 3.8) is 0 Å². The molecular weight excluding hydrogens is 274 g/mol. The Hall–Kier alpha value is -1.99. The highest BCUT2D eigenvalue weighted by molar-refractivity contribution is 6.34. The normalized spacial score (nSPS) is 10.2. The van der Waals surface area contributed by atoms with Crippen LogP contribution in [0.1, 0.15) is 10.4 Å². The smallest absolute Gasteiger partial charge is 0.339 e. The van der Waals surface area contributed by atoms with Gasteiger partial charge in [-0.1, -0.05) is 11.6 Å². The molecule has 2 amide bonds. The average Bonchev–Trinajstić information content (AvgIpc) is 2.29. The third kappa shape index (κ3) is 4.01. The Bertz CT molecular complexity index is 505. The van der Waals surface area contributed by atoms with Crippen molar-refractivity contribution in [1.82, 2.24) is 10.4 Å². The molecule has 8 heteroatoms. The molecule has 0 spiro atoms. The highest BCUT2D eigenvalue weighted by Gasteiger charge is 2.16. The van der Waals surface area contributed by atoms with E-state index in [9.17, 15) is 9.59 Å². The minimum Gasteiger partial charge on any atom is -0.496 e. The van der Waals surface area contributed by atoms with Gasteiger partial charge >= 0.3 is 12.0 Å². The van der Waals surface area contributed by atoms with Gasteiger partial charge in [0, 0.05) is 20.2 Å². The van der Waals surface area contributed by atoms with Gasteiger partial charge < -0.3 is 15.2 Å². The van der Waals surface area contributed by atoms with Gasteiger partial charge in [-0.2, -0.15) is 0 Å². The molecule has 0 saturated carbocycles. The quantitative estimate of drug-likeness (QED) is 0.733. The van der Waals surface area contributed by atoms with Crippen LogP contribution >= 0.6 is 11.6 Å². The summed E-state index contributed by atoms with van der Waals surface area (Å²) < 4.78 is 4.94. The number of nitrogens with one attached hydrogen (secondary N) is 2. The minimum absolute atomic E-state index is 0.0777. The summed E-state index contributed by atoms with van der Waals surface area (Å²) in [4.78, 5) is 22.5. The topological polar surface area (TPSA) is 90.9 Å². The number of hydrazine groups is 1. The highest BCUT2D eigenvalue weighted by Crippen LogP contribution is 2.30. The lowest BCUT2D eigenvalue weighted by Gasteiger charge is -2.15. The van der Waals surface area contributed by atoms with Crippen LogP contribution in [0.15, 0.2) is 12.1 Å². The third-order valence-electron chi connectivity index (χ3n) is 2.09. The molecule has 19 heavy (non-hydrogen) atoms. The number of carboxylic acid groups (broad SMARTS) is 1. The molecule has 1 aromatic carbocycles. The Morgan fingerprint density at radius 3 is 2.47 bits per heavy atom. The number of carbonyl (C=O) groups is 2. The van der Waals surface area contributed by atoms with Gasteiger partial charge in [0.25, 0.3) is 0 Å². The van der Waals surface area contributed by atoms with Crippen LogP contribution in [-0.4, -0.2) is 43.3 Å². The molecule has 0 fully saturated rings. The molecule has 0 aliphatic heterocycles. The van der Waals surface area contributed by atoms with Gasteiger partial charge in [-0.15, -0.1) is 0 Å². The van der Waals surface area contributed by atoms with Gasteiger partial charge in [-0.25, -0.2) is 14.6 Å². The summed E-state index contributed by atoms with van der Waals surface area (Å²) in [5.74, 6) is -1.06. The van der Waals surface area contributed by atoms with E-state index in [1.165, 1.54) is 24.3 Å². The van der Waals surface area contributed by atoms with E-state index in [1.54, 1.807) is 14.1 Å². The number of hydrogen-bond donors (Lipinski definition) is 3. The van der Waals surface area contributed by atoms with Crippen LogP contribution < -0.4 is 15.5 Å². The van der Waals surface area contributed by atoms with Gasteiger partial charge in [0.2, 0.25) is 0 Å². The number of amides is 2. The van der Waals surface area contributed by atoms with E-state index >= 15 is 0 Å². The Morgan fingerprint density at radius 2 is 2.00 bits per heavy atom. The first-order valence-corrected chi connectivity index (χ1v) is 5.58. The average molecular weight is 288 g/mol. The van der Waals surface area contributed by atoms with Crippen molar-refractivity contribution in [1.29, 1.82) is 0 Å². The predicted molar refractivity (Wildman–Crippen MR) is 70.8 cm³/mol. The van der Waals surface area contributed by atoms with Crippen LogP contribution in [0.5, 0.6) is 5.75 Å². The van der Waals surface area contributed by atoms with Crippen LogP contribution in [0.3, 0.4) is 0 Å². The Morgan fingerprint density at radius 1 is 1.37 bits per heavy atom. The fourth-order valence-electron chi connectivity index (χ4n) is 1.34. The number of methoxy groups -OCH3 is 1. The second kappa shape index (κ2) is 6.26. The number of rotatable bonds is 4. The van der Waals surface area contributed by atoms with Crippen molar-refractivity contribution in [3.05, 3.63) is 22.7 Å². The molecule has 1 rings (SSSR count). The lowest BCUT2D eigenvalue weighted by atomic mass is 10.2. The fourth-order valence-corrected chi connectivity index (χ4v) is 1.55. The molecule has 0 aliphatic rings. The lowest BCUT2D eigenvalue weighted by molar-refractivity contribution is 0.0693. The van der Waals surface area contributed by atoms with E-state index in [4.69, 9.17) is 21.4 Å². The molecule has 0 aliphatic carbocycles. The summed E-state index contributed by atoms with van der Waals surface area (Å²) in [5.41, 5.74) is 2.64. The predicted octanol–water partition coefficient (Wildman–Crippen LogP) is 1.64. The van der Waals surface area contributed by atoms with Crippen molar-refractivity contribution in [2.24, 2.45) is 0 Å². The van der Waals surface area contributed by atoms with Crippen molar-refractivity contribution in [3.8, 4) is 5.75 Å². The molecule has 0 unspecified atom stereocenters. The maximum atomic E-state index is 11.5. The molecule has 7 nitrogen and oxygen atoms in total. The number of carbonyl (C=O) groups excluding carboxylic acids is 1. The summed E-state index contributed by atoms with van der Waals surface area (Å²) in [6, 6.07) is 2.06. The van der Waals surface area contributed by atoms with Crippen molar-refractivity contribution < 1.29 is 19.4 Å². The number of aromatic carboxylic acids is 1. The van der Waals surface area contributed by atoms with Gasteiger partial charge in [0.15, 0.2) is 0 Å². The van der Waals surface area contributed by atoms with Gasteiger partial charge in [-0.05, 0) is 6.07 Å². The van der Waals surface area contributed by atoms with Crippen molar-refractivity contribution in [2.45, 2.75) is 0 Å². The highest BCUT2D eigenvalue weighted by atomic mass is 35.5. The molecular formula is C11H14ClN3O4. The molecule has 1 aromatic rings. The van der Waals surface area contributed by atoms with Crippen molar-refractivity contribution >= 4 is 29.3 Å². The van der Waals surface area contributed by atoms with Gasteiger partial charge in [0.05, 0.1) is 17.8 Å². The number of ether oxygens (including phenoxy) is 1. The number of anilines is 1. The van der Waals surface area contributed by atoms with Gasteiger partial charge in [-0.3, -0.25) is 5.43 Å². The van der Waals surface area contributed by atoms with Crippen LogP contribution in [0, 0.1) is 0 Å². The van der Waals surface area contributed by atoms with E-state index in [1.807, 2.05) is 0 Å². The number of halogens is 1. The molecule has 0 aromatic heterocycles. The number of urea groups is 1. The molecule has 0 atom stereocenters. The van der Waals surface area contributed by atoms with E-state index in [0.29, 0.717) is 0 Å². The lowest BCUT2D eigenvalue weighted by Crippen LogP contribution is -2.39. The maximum Gasteiger partial charge on any atom is 0.339 e. The summed E-state index contributed by atoms with van der Waals surface area (Å²) in [6.45, 7) is 0. The zero-order valence-electron chi connectivity index (χ0n) is 10.7. The maximum absolute atomic E-state index is 11.5. The Labute approximate surface area is 115 Å². The van der Waals surface area contributed by atoms with Crippen LogP contribution in [0.2, 0.25) is 5.02 Å². The zero-order chi connectivity index (χ0) is 14.6. The minimum atomic E-state index is -1.16. The molecule has 0 radical (unpaired) electrons. The van der Waals surface area contributed by atoms with E-state index in [-0.39, 0.29) is 22.0 Å². The first-order chi connectivity index (χ1) is 8.85. The summed E-state index contributed by atoms with van der Waals surface area (Å²) in [6.07, 6.45) is 0. The number of benzene rings is 1. The zero-order valence-corrected chi connectivity index (χ0v) is 11.4. The number of nitrogens with zero attached hydrogens (tertiary/aromatic N) is 1. The van der Waals surface area contributed by atoms with Gasteiger partial charge in [0.1, 0.15) is 11.3 Å². The monoisotopic (exact) mass is 287 g/mol. The standard InChI is InChI=1S/C11H14ClN3O4/c1-15(2)14-11(18)13-8-5-9(19-3)6(10(16)17)4-7(8)12/h4-5H,1-3H3,(H,16,17)(H2,13,14,18). The Balaban J connectivity index is 3.03. The second-order valence-corrected chi connectivity index (χ2v) is 4.21. The van der Waals surface area contributed by atoms with Crippen LogP contribution in [0.25, 0.3) is 0 Å². The summed E-state index contributed by atoms with van der Waals surface area (Å²) in [5, 5.41) is 13.0. The Kier molecular flexibility index (Phi) is 4.96. The largest absolute Gasteiger partial charge is 0.496 e. The van der Waals surface area contributed by atoms with Crippen molar-refractivity contribution in [2.75, 3.05) is 26.5 Å². The number of hydrogen-bond acceptors (Lipinski definition) is 4.